The lowest BCUT2D eigenvalue weighted by molar-refractivity contribution is -0.140. The maximum absolute atomic E-state index is 12.3. The van der Waals surface area contributed by atoms with Gasteiger partial charge in [0.05, 0.1) is 0 Å². The molecule has 69 valence electrons. The Morgan fingerprint density at radius 2 is 2.23 bits per heavy atom. The van der Waals surface area contributed by atoms with Crippen molar-refractivity contribution in [3.05, 3.63) is 17.1 Å². The number of hydrogen-bond acceptors (Lipinski definition) is 2. The van der Waals surface area contributed by atoms with E-state index in [2.05, 4.69) is 10.5 Å². The van der Waals surface area contributed by atoms with Crippen LogP contribution < -0.4 is 0 Å². The molecule has 0 unspecified atom stereocenters. The lowest BCUT2D eigenvalue weighted by Gasteiger charge is -2.00. The maximum atomic E-state index is 12.3. The van der Waals surface area contributed by atoms with Crippen molar-refractivity contribution in [2.45, 2.75) is 6.18 Å². The number of fused-ring (bicyclic) bond motifs is 1. The predicted octanol–water partition coefficient (Wildman–Crippen LogP) is 2.45. The number of thiophene rings is 1. The number of alkyl halides is 3. The third-order valence-electron chi connectivity index (χ3n) is 1.66. The summed E-state index contributed by atoms with van der Waals surface area (Å²) in [5, 5.41) is 6.18. The van der Waals surface area contributed by atoms with Gasteiger partial charge in [0.15, 0.2) is 5.69 Å². The molecule has 0 aliphatic rings. The fourth-order valence-electron chi connectivity index (χ4n) is 1.13. The van der Waals surface area contributed by atoms with Crippen LogP contribution in [0.5, 0.6) is 0 Å². The van der Waals surface area contributed by atoms with Crippen LogP contribution in [0.25, 0.3) is 10.2 Å². The molecule has 0 aliphatic carbocycles. The summed E-state index contributed by atoms with van der Waals surface area (Å²) in [7, 11) is 1.49. The lowest BCUT2D eigenvalue weighted by Crippen LogP contribution is -2.07. The van der Waals surface area contributed by atoms with Gasteiger partial charge in [0, 0.05) is 17.8 Å². The van der Waals surface area contributed by atoms with Crippen molar-refractivity contribution < 1.29 is 13.2 Å². The molecule has 0 saturated carbocycles. The molecule has 1 radical (unpaired) electrons. The Morgan fingerprint density at radius 1 is 1.54 bits per heavy atom. The van der Waals surface area contributed by atoms with Crippen LogP contribution in [0.15, 0.2) is 6.07 Å². The SMILES string of the molecule is Cn1nc(C(F)(F)F)c2c[c]sc21. The Bertz CT molecular complexity index is 440. The van der Waals surface area contributed by atoms with Gasteiger partial charge in [-0.3, -0.25) is 4.68 Å². The Morgan fingerprint density at radius 3 is 2.85 bits per heavy atom. The van der Waals surface area contributed by atoms with Crippen LogP contribution in [0.4, 0.5) is 13.2 Å². The zero-order chi connectivity index (χ0) is 9.64. The first kappa shape index (κ1) is 8.55. The largest absolute Gasteiger partial charge is 0.435 e. The first-order valence-corrected chi connectivity index (χ1v) is 4.21. The van der Waals surface area contributed by atoms with Gasteiger partial charge in [-0.2, -0.15) is 18.3 Å². The van der Waals surface area contributed by atoms with Gasteiger partial charge >= 0.3 is 6.18 Å². The molecule has 0 aromatic carbocycles. The van der Waals surface area contributed by atoms with E-state index in [1.165, 1.54) is 17.8 Å². The fourth-order valence-corrected chi connectivity index (χ4v) is 1.86. The topological polar surface area (TPSA) is 17.8 Å². The van der Waals surface area contributed by atoms with Crippen LogP contribution in [0.3, 0.4) is 0 Å². The van der Waals surface area contributed by atoms with Gasteiger partial charge in [0.2, 0.25) is 0 Å². The number of aromatic nitrogens is 2. The quantitative estimate of drug-likeness (QED) is 0.646. The fraction of sp³-hybridized carbons (Fsp3) is 0.286. The molecule has 13 heavy (non-hydrogen) atoms. The van der Waals surface area contributed by atoms with Crippen LogP contribution in [-0.4, -0.2) is 9.78 Å². The summed E-state index contributed by atoms with van der Waals surface area (Å²) in [6, 6.07) is 1.32. The molecule has 0 fully saturated rings. The van der Waals surface area contributed by atoms with Crippen molar-refractivity contribution in [2.24, 2.45) is 7.05 Å². The van der Waals surface area contributed by atoms with Gasteiger partial charge in [-0.1, -0.05) is 0 Å². The molecule has 0 saturated heterocycles. The average Bonchev–Trinajstić information content (AvgIpc) is 2.51. The minimum absolute atomic E-state index is 0.125. The van der Waals surface area contributed by atoms with Crippen molar-refractivity contribution in [3.8, 4) is 0 Å². The normalized spacial score (nSPS) is 12.6. The molecule has 2 heterocycles. The number of aryl methyl sites for hydroxylation is 1. The third-order valence-corrected chi connectivity index (χ3v) is 2.57. The second-order valence-electron chi connectivity index (χ2n) is 2.55. The first-order chi connectivity index (χ1) is 6.00. The molecule has 2 nitrogen and oxygen atoms in total. The van der Waals surface area contributed by atoms with Crippen LogP contribution in [0.2, 0.25) is 0 Å². The maximum Gasteiger partial charge on any atom is 0.435 e. The van der Waals surface area contributed by atoms with Crippen molar-refractivity contribution >= 4 is 21.6 Å². The lowest BCUT2D eigenvalue weighted by atomic mass is 10.3. The van der Waals surface area contributed by atoms with E-state index in [0.29, 0.717) is 4.83 Å². The monoisotopic (exact) mass is 205 g/mol. The summed E-state index contributed by atoms with van der Waals surface area (Å²) in [5.74, 6) is 0. The highest BCUT2D eigenvalue weighted by molar-refractivity contribution is 7.16. The standard InChI is InChI=1S/C7H4F3N2S/c1-12-6-4(2-3-13-6)5(11-12)7(8,9)10/h2H,1H3. The van der Waals surface area contributed by atoms with E-state index >= 15 is 0 Å². The Balaban J connectivity index is 2.76. The summed E-state index contributed by atoms with van der Waals surface area (Å²) in [6.07, 6.45) is -4.38. The Labute approximate surface area is 75.6 Å². The molecule has 0 atom stereocenters. The molecule has 0 amide bonds. The zero-order valence-electron chi connectivity index (χ0n) is 6.51. The predicted molar refractivity (Wildman–Crippen MR) is 42.4 cm³/mol. The zero-order valence-corrected chi connectivity index (χ0v) is 7.33. The summed E-state index contributed by atoms with van der Waals surface area (Å²) < 4.78 is 38.2. The number of rotatable bonds is 0. The van der Waals surface area contributed by atoms with Crippen LogP contribution >= 0.6 is 11.3 Å². The van der Waals surface area contributed by atoms with E-state index in [-0.39, 0.29) is 5.39 Å². The summed E-state index contributed by atoms with van der Waals surface area (Å²) in [5.41, 5.74) is -0.831. The highest BCUT2D eigenvalue weighted by atomic mass is 32.1. The second kappa shape index (κ2) is 2.47. The molecule has 0 N–H and O–H groups in total. The van der Waals surface area contributed by atoms with E-state index < -0.39 is 11.9 Å². The van der Waals surface area contributed by atoms with Gasteiger partial charge in [0.1, 0.15) is 4.83 Å². The van der Waals surface area contributed by atoms with Gasteiger partial charge in [-0.25, -0.2) is 0 Å². The highest BCUT2D eigenvalue weighted by Gasteiger charge is 2.36. The van der Waals surface area contributed by atoms with E-state index in [1.54, 1.807) is 0 Å². The van der Waals surface area contributed by atoms with E-state index in [0.717, 1.165) is 11.3 Å². The van der Waals surface area contributed by atoms with Crippen LogP contribution in [0.1, 0.15) is 5.69 Å². The highest BCUT2D eigenvalue weighted by Crippen LogP contribution is 2.35. The van der Waals surface area contributed by atoms with Crippen LogP contribution in [0, 0.1) is 5.38 Å². The van der Waals surface area contributed by atoms with Crippen molar-refractivity contribution in [1.82, 2.24) is 9.78 Å². The van der Waals surface area contributed by atoms with Crippen molar-refractivity contribution in [2.75, 3.05) is 0 Å². The molecule has 2 aromatic heterocycles. The van der Waals surface area contributed by atoms with E-state index in [1.807, 2.05) is 0 Å². The molecular formula is C7H4F3N2S. The number of nitrogens with zero attached hydrogens (tertiary/aromatic N) is 2. The van der Waals surface area contributed by atoms with Gasteiger partial charge in [-0.15, -0.1) is 11.3 Å². The molecule has 0 aliphatic heterocycles. The minimum Gasteiger partial charge on any atom is -0.257 e. The smallest absolute Gasteiger partial charge is 0.257 e. The van der Waals surface area contributed by atoms with E-state index in [4.69, 9.17) is 0 Å². The Kier molecular flexibility index (Phi) is 1.63. The van der Waals surface area contributed by atoms with Gasteiger partial charge in [0.25, 0.3) is 0 Å². The minimum atomic E-state index is -4.38. The first-order valence-electron chi connectivity index (χ1n) is 3.40. The summed E-state index contributed by atoms with van der Waals surface area (Å²) >= 11 is 1.13. The third kappa shape index (κ3) is 1.21. The summed E-state index contributed by atoms with van der Waals surface area (Å²) in [4.78, 5) is 0.493. The second-order valence-corrected chi connectivity index (χ2v) is 3.38. The van der Waals surface area contributed by atoms with Crippen LogP contribution in [-0.2, 0) is 13.2 Å². The molecule has 2 rings (SSSR count). The summed E-state index contributed by atoms with van der Waals surface area (Å²) in [6.45, 7) is 0. The average molecular weight is 205 g/mol. The van der Waals surface area contributed by atoms with Crippen molar-refractivity contribution in [3.63, 3.8) is 0 Å². The van der Waals surface area contributed by atoms with Gasteiger partial charge < -0.3 is 0 Å². The van der Waals surface area contributed by atoms with Crippen molar-refractivity contribution in [1.29, 1.82) is 0 Å². The molecular weight excluding hydrogens is 201 g/mol. The van der Waals surface area contributed by atoms with E-state index in [9.17, 15) is 13.2 Å². The van der Waals surface area contributed by atoms with Gasteiger partial charge in [-0.05, 0) is 6.07 Å². The molecule has 0 spiro atoms. The molecule has 2 aromatic rings. The number of hydrogen-bond donors (Lipinski definition) is 0. The Hall–Kier alpha value is -1.04. The molecule has 6 heteroatoms. The molecule has 0 bridgehead atoms. The number of halogens is 3.